The van der Waals surface area contributed by atoms with Crippen LogP contribution in [-0.2, 0) is 4.79 Å². The van der Waals surface area contributed by atoms with Crippen molar-refractivity contribution in [2.24, 2.45) is 11.5 Å². The molecule has 0 saturated carbocycles. The van der Waals surface area contributed by atoms with Crippen molar-refractivity contribution in [3.63, 3.8) is 0 Å². The summed E-state index contributed by atoms with van der Waals surface area (Å²) in [6.07, 6.45) is -1.50. The Kier molecular flexibility index (Phi) is 2.83. The van der Waals surface area contributed by atoms with Gasteiger partial charge in [0.1, 0.15) is 0 Å². The highest BCUT2D eigenvalue weighted by Crippen LogP contribution is 2.16. The molecule has 5 heteroatoms. The van der Waals surface area contributed by atoms with E-state index in [4.69, 9.17) is 11.5 Å². The fourth-order valence-electron chi connectivity index (χ4n) is 1.11. The van der Waals surface area contributed by atoms with Gasteiger partial charge in [0.15, 0.2) is 6.10 Å². The van der Waals surface area contributed by atoms with Gasteiger partial charge in [-0.05, 0) is 6.07 Å². The lowest BCUT2D eigenvalue weighted by Gasteiger charge is -2.09. The zero-order chi connectivity index (χ0) is 10.7. The Labute approximate surface area is 80.3 Å². The van der Waals surface area contributed by atoms with E-state index < -0.39 is 17.9 Å². The van der Waals surface area contributed by atoms with Crippen LogP contribution < -0.4 is 11.5 Å². The smallest absolute Gasteiger partial charge is 0.250 e. The summed E-state index contributed by atoms with van der Waals surface area (Å²) in [7, 11) is 0. The van der Waals surface area contributed by atoms with E-state index >= 15 is 0 Å². The van der Waals surface area contributed by atoms with Crippen LogP contribution in [0, 0.1) is 0 Å². The molecule has 5 nitrogen and oxygen atoms in total. The highest BCUT2D eigenvalue weighted by molar-refractivity contribution is 5.96. The normalized spacial score (nSPS) is 12.1. The summed E-state index contributed by atoms with van der Waals surface area (Å²) < 4.78 is 0. The van der Waals surface area contributed by atoms with Crippen LogP contribution in [0.25, 0.3) is 0 Å². The average Bonchev–Trinajstić information content (AvgIpc) is 2.16. The third kappa shape index (κ3) is 1.89. The molecule has 1 aromatic carbocycles. The molecule has 1 aromatic rings. The first kappa shape index (κ1) is 10.2. The van der Waals surface area contributed by atoms with Crippen molar-refractivity contribution in [3.8, 4) is 0 Å². The van der Waals surface area contributed by atoms with Crippen LogP contribution in [0.4, 0.5) is 0 Å². The van der Waals surface area contributed by atoms with E-state index in [1.54, 1.807) is 12.1 Å². The molecule has 0 aliphatic heterocycles. The Morgan fingerprint density at radius 3 is 2.29 bits per heavy atom. The van der Waals surface area contributed by atoms with Gasteiger partial charge in [0.25, 0.3) is 5.91 Å². The van der Waals surface area contributed by atoms with Crippen LogP contribution in [0.5, 0.6) is 0 Å². The largest absolute Gasteiger partial charge is 0.378 e. The van der Waals surface area contributed by atoms with Crippen molar-refractivity contribution in [1.82, 2.24) is 0 Å². The predicted molar refractivity (Wildman–Crippen MR) is 49.1 cm³/mol. The molecule has 74 valence electrons. The maximum Gasteiger partial charge on any atom is 0.250 e. The van der Waals surface area contributed by atoms with Gasteiger partial charge in [0.05, 0.1) is 0 Å². The molecule has 1 atom stereocenters. The molecule has 1 unspecified atom stereocenters. The Morgan fingerprint density at radius 2 is 1.79 bits per heavy atom. The van der Waals surface area contributed by atoms with Crippen LogP contribution in [0.3, 0.4) is 0 Å². The van der Waals surface area contributed by atoms with E-state index in [0.29, 0.717) is 0 Å². The van der Waals surface area contributed by atoms with Gasteiger partial charge in [-0.1, -0.05) is 18.2 Å². The van der Waals surface area contributed by atoms with Crippen molar-refractivity contribution >= 4 is 11.8 Å². The van der Waals surface area contributed by atoms with Crippen molar-refractivity contribution in [2.75, 3.05) is 0 Å². The van der Waals surface area contributed by atoms with E-state index in [1.165, 1.54) is 12.1 Å². The van der Waals surface area contributed by atoms with Gasteiger partial charge in [-0.15, -0.1) is 0 Å². The van der Waals surface area contributed by atoms with Crippen LogP contribution in [-0.4, -0.2) is 16.9 Å². The summed E-state index contributed by atoms with van der Waals surface area (Å²) >= 11 is 0. The molecule has 0 heterocycles. The number of aliphatic hydroxyl groups is 1. The minimum absolute atomic E-state index is 0.0961. The van der Waals surface area contributed by atoms with Crippen LogP contribution in [0.2, 0.25) is 0 Å². The molecule has 5 N–H and O–H groups in total. The zero-order valence-electron chi connectivity index (χ0n) is 7.31. The molecule has 0 saturated heterocycles. The second-order valence-corrected chi connectivity index (χ2v) is 2.76. The summed E-state index contributed by atoms with van der Waals surface area (Å²) in [5.41, 5.74) is 10.2. The standard InChI is InChI=1S/C9H10N2O3/c10-8(13)6-4-2-1-3-5(6)7(12)9(11)14/h1-4,7,12H,(H2,10,13)(H2,11,14). The number of carbonyl (C=O) groups excluding carboxylic acids is 2. The second-order valence-electron chi connectivity index (χ2n) is 2.76. The lowest BCUT2D eigenvalue weighted by molar-refractivity contribution is -0.126. The number of amides is 2. The van der Waals surface area contributed by atoms with Gasteiger partial charge in [-0.3, -0.25) is 9.59 Å². The van der Waals surface area contributed by atoms with E-state index in [2.05, 4.69) is 0 Å². The van der Waals surface area contributed by atoms with Gasteiger partial charge in [-0.25, -0.2) is 0 Å². The maximum atomic E-state index is 10.9. The number of benzene rings is 1. The maximum absolute atomic E-state index is 10.9. The highest BCUT2D eigenvalue weighted by Gasteiger charge is 2.19. The summed E-state index contributed by atoms with van der Waals surface area (Å²) in [6.45, 7) is 0. The fourth-order valence-corrected chi connectivity index (χ4v) is 1.11. The molecule has 0 aliphatic rings. The van der Waals surface area contributed by atoms with E-state index in [9.17, 15) is 14.7 Å². The van der Waals surface area contributed by atoms with Crippen molar-refractivity contribution < 1.29 is 14.7 Å². The molecule has 2 amide bonds. The molecule has 0 fully saturated rings. The number of hydrogen-bond acceptors (Lipinski definition) is 3. The Morgan fingerprint density at radius 1 is 1.21 bits per heavy atom. The van der Waals surface area contributed by atoms with E-state index in [1.807, 2.05) is 0 Å². The summed E-state index contributed by atoms with van der Waals surface area (Å²) in [5.74, 6) is -1.63. The number of hydrogen-bond donors (Lipinski definition) is 3. The highest BCUT2D eigenvalue weighted by atomic mass is 16.3. The second kappa shape index (κ2) is 3.89. The minimum Gasteiger partial charge on any atom is -0.378 e. The molecule has 0 aromatic heterocycles. The first-order valence-corrected chi connectivity index (χ1v) is 3.90. The third-order valence-corrected chi connectivity index (χ3v) is 1.79. The van der Waals surface area contributed by atoms with Crippen molar-refractivity contribution in [3.05, 3.63) is 35.4 Å². The van der Waals surface area contributed by atoms with Gasteiger partial charge in [-0.2, -0.15) is 0 Å². The predicted octanol–water partition coefficient (Wildman–Crippen LogP) is -0.696. The molecule has 0 aliphatic carbocycles. The number of nitrogens with two attached hydrogens (primary N) is 2. The fraction of sp³-hybridized carbons (Fsp3) is 0.111. The first-order chi connectivity index (χ1) is 6.54. The minimum atomic E-state index is -1.50. The molecule has 1 rings (SSSR count). The Balaban J connectivity index is 3.19. The van der Waals surface area contributed by atoms with Crippen LogP contribution in [0.1, 0.15) is 22.0 Å². The topological polar surface area (TPSA) is 106 Å². The molecular weight excluding hydrogens is 184 g/mol. The van der Waals surface area contributed by atoms with E-state index in [0.717, 1.165) is 0 Å². The van der Waals surface area contributed by atoms with Crippen LogP contribution >= 0.6 is 0 Å². The SMILES string of the molecule is NC(=O)c1ccccc1C(O)C(N)=O. The van der Waals surface area contributed by atoms with Gasteiger partial charge >= 0.3 is 0 Å². The molecule has 0 radical (unpaired) electrons. The number of rotatable bonds is 3. The summed E-state index contributed by atoms with van der Waals surface area (Å²) in [4.78, 5) is 21.6. The molecule has 0 bridgehead atoms. The monoisotopic (exact) mass is 194 g/mol. The number of aliphatic hydroxyl groups excluding tert-OH is 1. The van der Waals surface area contributed by atoms with Gasteiger partial charge in [0, 0.05) is 11.1 Å². The third-order valence-electron chi connectivity index (χ3n) is 1.79. The lowest BCUT2D eigenvalue weighted by Crippen LogP contribution is -2.24. The van der Waals surface area contributed by atoms with Crippen molar-refractivity contribution in [1.29, 1.82) is 0 Å². The van der Waals surface area contributed by atoms with E-state index in [-0.39, 0.29) is 11.1 Å². The summed E-state index contributed by atoms with van der Waals surface area (Å²) in [5, 5.41) is 9.35. The van der Waals surface area contributed by atoms with Crippen molar-refractivity contribution in [2.45, 2.75) is 6.10 Å². The van der Waals surface area contributed by atoms with Gasteiger partial charge < -0.3 is 16.6 Å². The molecule has 14 heavy (non-hydrogen) atoms. The first-order valence-electron chi connectivity index (χ1n) is 3.90. The quantitative estimate of drug-likeness (QED) is 0.592. The average molecular weight is 194 g/mol. The molecular formula is C9H10N2O3. The zero-order valence-corrected chi connectivity index (χ0v) is 7.31. The number of carbonyl (C=O) groups is 2. The summed E-state index contributed by atoms with van der Waals surface area (Å²) in [6, 6.07) is 6.00. The number of primary amides is 2. The van der Waals surface area contributed by atoms with Crippen LogP contribution in [0.15, 0.2) is 24.3 Å². The molecule has 0 spiro atoms. The Hall–Kier alpha value is -1.88. The Bertz CT molecular complexity index is 376. The van der Waals surface area contributed by atoms with Gasteiger partial charge in [0.2, 0.25) is 5.91 Å². The lowest BCUT2D eigenvalue weighted by atomic mass is 10.0.